The van der Waals surface area contributed by atoms with E-state index >= 15 is 0 Å². The van der Waals surface area contributed by atoms with Crippen molar-refractivity contribution in [3.05, 3.63) is 16.8 Å². The number of aromatic nitrogens is 4. The maximum atomic E-state index is 6.02. The van der Waals surface area contributed by atoms with E-state index in [2.05, 4.69) is 35.7 Å². The zero-order chi connectivity index (χ0) is 11.2. The molecule has 0 fully saturated rings. The van der Waals surface area contributed by atoms with E-state index < -0.39 is 0 Å². The van der Waals surface area contributed by atoms with Gasteiger partial charge in [-0.3, -0.25) is 0 Å². The molecule has 0 saturated heterocycles. The van der Waals surface area contributed by atoms with E-state index in [1.54, 1.807) is 6.33 Å². The fraction of sp³-hybridized carbons (Fsp3) is 0.444. The predicted molar refractivity (Wildman–Crippen MR) is 60.3 cm³/mol. The summed E-state index contributed by atoms with van der Waals surface area (Å²) in [6.45, 7) is 6.16. The Bertz CT molecular complexity index is 513. The molecule has 4 nitrogen and oxygen atoms in total. The van der Waals surface area contributed by atoms with E-state index in [-0.39, 0.29) is 10.8 Å². The molecule has 0 radical (unpaired) electrons. The van der Waals surface area contributed by atoms with Gasteiger partial charge in [0.1, 0.15) is 5.52 Å². The van der Waals surface area contributed by atoms with Crippen LogP contribution in [0.3, 0.4) is 0 Å². The Morgan fingerprint density at radius 2 is 1.87 bits per heavy atom. The smallest absolute Gasteiger partial charge is 0.225 e. The average Bonchev–Trinajstić information content (AvgIpc) is 2.45. The Morgan fingerprint density at radius 1 is 1.20 bits per heavy atom. The lowest BCUT2D eigenvalue weighted by molar-refractivity contribution is 0.408. The molecule has 6 heteroatoms. The lowest BCUT2D eigenvalue weighted by Crippen LogP contribution is -2.20. The minimum Gasteiger partial charge on any atom is -0.321 e. The number of halogens is 2. The van der Waals surface area contributed by atoms with E-state index in [9.17, 15) is 0 Å². The first-order valence-corrected chi connectivity index (χ1v) is 5.22. The van der Waals surface area contributed by atoms with Gasteiger partial charge < -0.3 is 4.57 Å². The average molecular weight is 245 g/mol. The van der Waals surface area contributed by atoms with Crippen LogP contribution in [0.25, 0.3) is 11.2 Å². The zero-order valence-corrected chi connectivity index (χ0v) is 10.1. The molecule has 0 N–H and O–H groups in total. The highest BCUT2D eigenvalue weighted by Gasteiger charge is 2.19. The molecule has 0 bridgehead atoms. The van der Waals surface area contributed by atoms with Crippen LogP contribution >= 0.6 is 23.2 Å². The topological polar surface area (TPSA) is 43.6 Å². The molecule has 0 spiro atoms. The number of fused-ring (bicyclic) bond motifs is 1. The lowest BCUT2D eigenvalue weighted by Gasteiger charge is -2.21. The highest BCUT2D eigenvalue weighted by Crippen LogP contribution is 2.26. The standard InChI is InChI=1S/C9H10Cl2N4/c1-9(2,3)15-4-12-7-5(15)6(10)13-8(11)14-7/h4H,1-3H3. The highest BCUT2D eigenvalue weighted by atomic mass is 35.5. The molecule has 0 atom stereocenters. The molecule has 0 unspecified atom stereocenters. The summed E-state index contributed by atoms with van der Waals surface area (Å²) in [7, 11) is 0. The summed E-state index contributed by atoms with van der Waals surface area (Å²) < 4.78 is 1.93. The molecular weight excluding hydrogens is 235 g/mol. The van der Waals surface area contributed by atoms with E-state index in [0.717, 1.165) is 0 Å². The van der Waals surface area contributed by atoms with Crippen LogP contribution in [0.15, 0.2) is 6.33 Å². The first-order chi connectivity index (χ1) is 6.89. The molecule has 0 aliphatic carbocycles. The Labute approximate surface area is 97.3 Å². The van der Waals surface area contributed by atoms with Crippen LogP contribution in [0, 0.1) is 0 Å². The van der Waals surface area contributed by atoms with Crippen molar-refractivity contribution in [2.75, 3.05) is 0 Å². The molecule has 0 saturated carbocycles. The normalized spacial score (nSPS) is 12.3. The maximum Gasteiger partial charge on any atom is 0.225 e. The molecule has 2 heterocycles. The van der Waals surface area contributed by atoms with Crippen molar-refractivity contribution in [1.82, 2.24) is 19.5 Å². The largest absolute Gasteiger partial charge is 0.321 e. The van der Waals surface area contributed by atoms with Crippen LogP contribution < -0.4 is 0 Å². The van der Waals surface area contributed by atoms with Crippen LogP contribution in [-0.4, -0.2) is 19.5 Å². The SMILES string of the molecule is CC(C)(C)n1cnc2nc(Cl)nc(Cl)c21. The summed E-state index contributed by atoms with van der Waals surface area (Å²) in [6, 6.07) is 0. The van der Waals surface area contributed by atoms with Crippen molar-refractivity contribution in [2.24, 2.45) is 0 Å². The quantitative estimate of drug-likeness (QED) is 0.529. The van der Waals surface area contributed by atoms with Crippen molar-refractivity contribution in [1.29, 1.82) is 0 Å². The Hall–Kier alpha value is -0.870. The van der Waals surface area contributed by atoms with Crippen LogP contribution in [0.5, 0.6) is 0 Å². The fourth-order valence-corrected chi connectivity index (χ4v) is 1.83. The summed E-state index contributed by atoms with van der Waals surface area (Å²) in [5, 5.41) is 0.448. The third-order valence-electron chi connectivity index (χ3n) is 2.05. The van der Waals surface area contributed by atoms with Crippen LogP contribution in [0.2, 0.25) is 10.4 Å². The first kappa shape index (κ1) is 10.6. The fourth-order valence-electron chi connectivity index (χ4n) is 1.37. The Morgan fingerprint density at radius 3 is 2.47 bits per heavy atom. The summed E-state index contributed by atoms with van der Waals surface area (Å²) in [6.07, 6.45) is 1.70. The van der Waals surface area contributed by atoms with Crippen molar-refractivity contribution in [3.8, 4) is 0 Å². The minimum absolute atomic E-state index is 0.115. The zero-order valence-electron chi connectivity index (χ0n) is 8.62. The molecule has 2 rings (SSSR count). The van der Waals surface area contributed by atoms with E-state index in [1.165, 1.54) is 0 Å². The second kappa shape index (κ2) is 3.32. The summed E-state index contributed by atoms with van der Waals surface area (Å²) in [4.78, 5) is 12.1. The molecule has 0 aliphatic heterocycles. The first-order valence-electron chi connectivity index (χ1n) is 4.46. The number of imidazole rings is 1. The monoisotopic (exact) mass is 244 g/mol. The van der Waals surface area contributed by atoms with Gasteiger partial charge in [0.15, 0.2) is 10.8 Å². The van der Waals surface area contributed by atoms with Gasteiger partial charge >= 0.3 is 0 Å². The molecule has 2 aromatic rings. The molecular formula is C9H10Cl2N4. The third kappa shape index (κ3) is 1.79. The lowest BCUT2D eigenvalue weighted by atomic mass is 10.1. The van der Waals surface area contributed by atoms with Gasteiger partial charge in [0.2, 0.25) is 5.28 Å². The number of nitrogens with zero attached hydrogens (tertiary/aromatic N) is 4. The third-order valence-corrected chi connectivity index (χ3v) is 2.49. The molecule has 0 aromatic carbocycles. The van der Waals surface area contributed by atoms with Gasteiger partial charge in [-0.1, -0.05) is 11.6 Å². The number of hydrogen-bond donors (Lipinski definition) is 0. The summed E-state index contributed by atoms with van der Waals surface area (Å²) in [5.41, 5.74) is 1.12. The maximum absolute atomic E-state index is 6.02. The summed E-state index contributed by atoms with van der Waals surface area (Å²) in [5.74, 6) is 0. The van der Waals surface area contributed by atoms with Crippen molar-refractivity contribution < 1.29 is 0 Å². The second-order valence-electron chi connectivity index (χ2n) is 4.24. The van der Waals surface area contributed by atoms with Gasteiger partial charge in [0, 0.05) is 5.54 Å². The molecule has 0 amide bonds. The van der Waals surface area contributed by atoms with Gasteiger partial charge in [0.05, 0.1) is 6.33 Å². The van der Waals surface area contributed by atoms with Crippen LogP contribution in [0.4, 0.5) is 0 Å². The van der Waals surface area contributed by atoms with Gasteiger partial charge in [-0.15, -0.1) is 0 Å². The van der Waals surface area contributed by atoms with E-state index in [4.69, 9.17) is 23.2 Å². The van der Waals surface area contributed by atoms with E-state index in [0.29, 0.717) is 16.3 Å². The molecule has 15 heavy (non-hydrogen) atoms. The van der Waals surface area contributed by atoms with E-state index in [1.807, 2.05) is 4.57 Å². The van der Waals surface area contributed by atoms with Crippen molar-refractivity contribution in [2.45, 2.75) is 26.3 Å². The molecule has 2 aromatic heterocycles. The summed E-state index contributed by atoms with van der Waals surface area (Å²) >= 11 is 11.7. The second-order valence-corrected chi connectivity index (χ2v) is 4.94. The Balaban J connectivity index is 2.81. The Kier molecular flexibility index (Phi) is 2.35. The van der Waals surface area contributed by atoms with Gasteiger partial charge in [-0.05, 0) is 32.4 Å². The predicted octanol–water partition coefficient (Wildman–Crippen LogP) is 2.89. The number of rotatable bonds is 0. The van der Waals surface area contributed by atoms with Gasteiger partial charge in [-0.25, -0.2) is 9.97 Å². The van der Waals surface area contributed by atoms with Crippen LogP contribution in [-0.2, 0) is 5.54 Å². The minimum atomic E-state index is -0.115. The molecule has 0 aliphatic rings. The molecule has 80 valence electrons. The van der Waals surface area contributed by atoms with Crippen molar-refractivity contribution >= 4 is 34.4 Å². The number of hydrogen-bond acceptors (Lipinski definition) is 3. The van der Waals surface area contributed by atoms with Crippen molar-refractivity contribution in [3.63, 3.8) is 0 Å². The van der Waals surface area contributed by atoms with Gasteiger partial charge in [-0.2, -0.15) is 4.98 Å². The highest BCUT2D eigenvalue weighted by molar-refractivity contribution is 6.35. The van der Waals surface area contributed by atoms with Crippen LogP contribution in [0.1, 0.15) is 20.8 Å². The van der Waals surface area contributed by atoms with Gasteiger partial charge in [0.25, 0.3) is 0 Å².